The quantitative estimate of drug-likeness (QED) is 0.904. The Balaban J connectivity index is 2.47. The van der Waals surface area contributed by atoms with Crippen LogP contribution in [0.3, 0.4) is 0 Å². The lowest BCUT2D eigenvalue weighted by Gasteiger charge is -2.23. The summed E-state index contributed by atoms with van der Waals surface area (Å²) in [7, 11) is 1.57. The molecule has 1 N–H and O–H groups in total. The van der Waals surface area contributed by atoms with Gasteiger partial charge < -0.3 is 15.0 Å². The summed E-state index contributed by atoms with van der Waals surface area (Å²) in [6.07, 6.45) is 0. The zero-order chi connectivity index (χ0) is 16.9. The normalized spacial score (nSPS) is 11.0. The number of nitrogens with one attached hydrogen (secondary N) is 1. The van der Waals surface area contributed by atoms with E-state index in [0.29, 0.717) is 10.8 Å². The monoisotopic (exact) mass is 326 g/mol. The molecule has 0 bridgehead atoms. The van der Waals surface area contributed by atoms with Crippen molar-refractivity contribution >= 4 is 23.4 Å². The second-order valence-corrected chi connectivity index (χ2v) is 6.65. The molecule has 0 fully saturated rings. The van der Waals surface area contributed by atoms with Gasteiger partial charge in [-0.3, -0.25) is 9.59 Å². The molecule has 5 nitrogen and oxygen atoms in total. The first-order chi connectivity index (χ1) is 10.1. The van der Waals surface area contributed by atoms with E-state index in [2.05, 4.69) is 5.32 Å². The maximum Gasteiger partial charge on any atom is 0.260 e. The van der Waals surface area contributed by atoms with Crippen LogP contribution in [0, 0.1) is 6.92 Å². The molecule has 0 spiro atoms. The maximum absolute atomic E-state index is 12.0. The van der Waals surface area contributed by atoms with Gasteiger partial charge in [0.05, 0.1) is 6.54 Å². The fourth-order valence-electron chi connectivity index (χ4n) is 1.72. The van der Waals surface area contributed by atoms with Crippen LogP contribution in [-0.2, 0) is 9.59 Å². The van der Waals surface area contributed by atoms with Crippen LogP contribution in [0.4, 0.5) is 0 Å². The zero-order valence-corrected chi connectivity index (χ0v) is 14.5. The Kier molecular flexibility index (Phi) is 6.23. The average molecular weight is 327 g/mol. The number of aryl methyl sites for hydroxylation is 1. The van der Waals surface area contributed by atoms with Crippen molar-refractivity contribution in [3.63, 3.8) is 0 Å². The number of halogens is 1. The summed E-state index contributed by atoms with van der Waals surface area (Å²) in [4.78, 5) is 25.1. The van der Waals surface area contributed by atoms with Crippen molar-refractivity contribution in [3.8, 4) is 5.75 Å². The van der Waals surface area contributed by atoms with Crippen LogP contribution in [0.25, 0.3) is 0 Å². The summed E-state index contributed by atoms with van der Waals surface area (Å²) in [5, 5.41) is 3.45. The van der Waals surface area contributed by atoms with Gasteiger partial charge in [-0.05, 0) is 51.5 Å². The van der Waals surface area contributed by atoms with Gasteiger partial charge in [0.25, 0.3) is 5.91 Å². The highest BCUT2D eigenvalue weighted by Crippen LogP contribution is 2.20. The lowest BCUT2D eigenvalue weighted by Crippen LogP contribution is -2.47. The average Bonchev–Trinajstić information content (AvgIpc) is 2.37. The van der Waals surface area contributed by atoms with Crippen molar-refractivity contribution < 1.29 is 14.3 Å². The molecule has 0 unspecified atom stereocenters. The molecule has 122 valence electrons. The number of nitrogens with zero attached hydrogens (tertiary/aromatic N) is 1. The van der Waals surface area contributed by atoms with Gasteiger partial charge in [-0.15, -0.1) is 0 Å². The van der Waals surface area contributed by atoms with Gasteiger partial charge in [0.15, 0.2) is 6.61 Å². The topological polar surface area (TPSA) is 58.6 Å². The van der Waals surface area contributed by atoms with Gasteiger partial charge in [-0.25, -0.2) is 0 Å². The number of amides is 2. The van der Waals surface area contributed by atoms with Gasteiger partial charge in [-0.1, -0.05) is 11.6 Å². The Labute approximate surface area is 136 Å². The molecule has 0 saturated heterocycles. The van der Waals surface area contributed by atoms with Gasteiger partial charge in [0.2, 0.25) is 5.91 Å². The van der Waals surface area contributed by atoms with Crippen molar-refractivity contribution in [2.75, 3.05) is 20.2 Å². The van der Waals surface area contributed by atoms with Crippen LogP contribution in [0.1, 0.15) is 26.3 Å². The third kappa shape index (κ3) is 6.35. The van der Waals surface area contributed by atoms with Crippen LogP contribution in [0.5, 0.6) is 5.75 Å². The second kappa shape index (κ2) is 7.49. The van der Waals surface area contributed by atoms with Gasteiger partial charge in [0, 0.05) is 17.6 Å². The minimum absolute atomic E-state index is 0.000884. The molecule has 0 heterocycles. The molecule has 1 aromatic carbocycles. The number of hydrogen-bond donors (Lipinski definition) is 1. The molecule has 0 aliphatic rings. The van der Waals surface area contributed by atoms with E-state index in [1.54, 1.807) is 25.2 Å². The fraction of sp³-hybridized carbons (Fsp3) is 0.500. The van der Waals surface area contributed by atoms with Gasteiger partial charge >= 0.3 is 0 Å². The number of carbonyl (C=O) groups is 2. The molecule has 1 rings (SSSR count). The largest absolute Gasteiger partial charge is 0.484 e. The van der Waals surface area contributed by atoms with Crippen LogP contribution in [-0.4, -0.2) is 42.5 Å². The molecule has 0 saturated carbocycles. The molecule has 0 aliphatic carbocycles. The molecule has 22 heavy (non-hydrogen) atoms. The predicted molar refractivity (Wildman–Crippen MR) is 87.2 cm³/mol. The van der Waals surface area contributed by atoms with E-state index < -0.39 is 0 Å². The first-order valence-electron chi connectivity index (χ1n) is 7.02. The zero-order valence-electron chi connectivity index (χ0n) is 13.7. The summed E-state index contributed by atoms with van der Waals surface area (Å²) in [5.41, 5.74) is 0.558. The summed E-state index contributed by atoms with van der Waals surface area (Å²) < 4.78 is 5.43. The predicted octanol–water partition coefficient (Wildman–Crippen LogP) is 2.40. The molecular formula is C16H23ClN2O3. The van der Waals surface area contributed by atoms with Crippen LogP contribution in [0.2, 0.25) is 5.02 Å². The first kappa shape index (κ1) is 18.3. The summed E-state index contributed by atoms with van der Waals surface area (Å²) in [6.45, 7) is 7.40. The van der Waals surface area contributed by atoms with E-state index in [1.165, 1.54) is 4.90 Å². The van der Waals surface area contributed by atoms with E-state index in [-0.39, 0.29) is 30.5 Å². The Morgan fingerprint density at radius 1 is 1.32 bits per heavy atom. The number of hydrogen-bond acceptors (Lipinski definition) is 3. The van der Waals surface area contributed by atoms with Crippen molar-refractivity contribution in [2.24, 2.45) is 0 Å². The molecule has 6 heteroatoms. The van der Waals surface area contributed by atoms with Crippen LogP contribution < -0.4 is 10.1 Å². The van der Waals surface area contributed by atoms with Crippen molar-refractivity contribution in [2.45, 2.75) is 33.2 Å². The molecule has 1 aromatic rings. The Bertz CT molecular complexity index is 553. The number of ether oxygens (including phenoxy) is 1. The van der Waals surface area contributed by atoms with E-state index >= 15 is 0 Å². The standard InChI is InChI=1S/C16H23ClN2O3/c1-11-8-12(6-7-13(11)17)22-10-15(21)19(5)9-14(20)18-16(2,3)4/h6-8H,9-10H2,1-5H3,(H,18,20). The van der Waals surface area contributed by atoms with Crippen LogP contribution in [0.15, 0.2) is 18.2 Å². The second-order valence-electron chi connectivity index (χ2n) is 6.25. The van der Waals surface area contributed by atoms with E-state index in [4.69, 9.17) is 16.3 Å². The Morgan fingerprint density at radius 2 is 1.95 bits per heavy atom. The van der Waals surface area contributed by atoms with Crippen LogP contribution >= 0.6 is 11.6 Å². The minimum Gasteiger partial charge on any atom is -0.484 e. The minimum atomic E-state index is -0.321. The molecule has 0 aromatic heterocycles. The molecule has 0 radical (unpaired) electrons. The van der Waals surface area contributed by atoms with Crippen molar-refractivity contribution in [1.82, 2.24) is 10.2 Å². The molecule has 2 amide bonds. The molecular weight excluding hydrogens is 304 g/mol. The van der Waals surface area contributed by atoms with Gasteiger partial charge in [-0.2, -0.15) is 0 Å². The highest BCUT2D eigenvalue weighted by atomic mass is 35.5. The van der Waals surface area contributed by atoms with Crippen molar-refractivity contribution in [3.05, 3.63) is 28.8 Å². The fourth-order valence-corrected chi connectivity index (χ4v) is 1.84. The summed E-state index contributed by atoms with van der Waals surface area (Å²) in [5.74, 6) is 0.102. The number of carbonyl (C=O) groups excluding carboxylic acids is 2. The first-order valence-corrected chi connectivity index (χ1v) is 7.40. The molecule has 0 atom stereocenters. The molecule has 0 aliphatic heterocycles. The Hall–Kier alpha value is -1.75. The van der Waals surface area contributed by atoms with E-state index in [0.717, 1.165) is 5.56 Å². The summed E-state index contributed by atoms with van der Waals surface area (Å²) in [6, 6.07) is 5.19. The third-order valence-electron chi connectivity index (χ3n) is 2.81. The van der Waals surface area contributed by atoms with Gasteiger partial charge in [0.1, 0.15) is 5.75 Å². The lowest BCUT2D eigenvalue weighted by molar-refractivity contribution is -0.136. The maximum atomic E-state index is 12.0. The Morgan fingerprint density at radius 3 is 2.50 bits per heavy atom. The number of benzene rings is 1. The van der Waals surface area contributed by atoms with E-state index in [1.807, 2.05) is 27.7 Å². The SMILES string of the molecule is Cc1cc(OCC(=O)N(C)CC(=O)NC(C)(C)C)ccc1Cl. The lowest BCUT2D eigenvalue weighted by atomic mass is 10.1. The number of likely N-dealkylation sites (N-methyl/N-ethyl adjacent to an activating group) is 1. The summed E-state index contributed by atoms with van der Waals surface area (Å²) >= 11 is 5.93. The third-order valence-corrected chi connectivity index (χ3v) is 3.24. The highest BCUT2D eigenvalue weighted by molar-refractivity contribution is 6.31. The van der Waals surface area contributed by atoms with E-state index in [9.17, 15) is 9.59 Å². The highest BCUT2D eigenvalue weighted by Gasteiger charge is 2.18. The van der Waals surface area contributed by atoms with Crippen molar-refractivity contribution in [1.29, 1.82) is 0 Å². The smallest absolute Gasteiger partial charge is 0.260 e. The number of rotatable bonds is 5.